The van der Waals surface area contributed by atoms with Crippen LogP contribution >= 0.6 is 0 Å². The monoisotopic (exact) mass is 458 g/mol. The lowest BCUT2D eigenvalue weighted by Gasteiger charge is -2.09. The summed E-state index contributed by atoms with van der Waals surface area (Å²) in [5, 5.41) is 13.5. The molecule has 0 spiro atoms. The molecule has 8 nitrogen and oxygen atoms in total. The summed E-state index contributed by atoms with van der Waals surface area (Å²) in [6.45, 7) is 2.85. The second-order valence-corrected chi connectivity index (χ2v) is 6.78. The maximum Gasteiger partial charge on any atom is 0.291 e. The summed E-state index contributed by atoms with van der Waals surface area (Å²) in [7, 11) is 0. The van der Waals surface area contributed by atoms with Gasteiger partial charge in [-0.3, -0.25) is 14.9 Å². The molecule has 0 atom stereocenters. The molecular weight excluding hydrogens is 438 g/mol. The molecule has 0 aliphatic rings. The summed E-state index contributed by atoms with van der Waals surface area (Å²) in [6.07, 6.45) is -0.362. The van der Waals surface area contributed by atoms with Gasteiger partial charge >= 0.3 is 0 Å². The van der Waals surface area contributed by atoms with Crippen LogP contribution in [-0.4, -0.2) is 23.9 Å². The number of nitrogens with one attached hydrogen (secondary N) is 1. The summed E-state index contributed by atoms with van der Waals surface area (Å²) in [6, 6.07) is 13.7. The van der Waals surface area contributed by atoms with Crippen LogP contribution in [0.15, 0.2) is 71.7 Å². The molecule has 33 heavy (non-hydrogen) atoms. The highest BCUT2D eigenvalue weighted by Gasteiger charge is 2.17. The smallest absolute Gasteiger partial charge is 0.291 e. The highest BCUT2D eigenvalue weighted by molar-refractivity contribution is 6.02. The van der Waals surface area contributed by atoms with E-state index in [9.17, 15) is 23.7 Å². The van der Waals surface area contributed by atoms with Gasteiger partial charge in [0.2, 0.25) is 0 Å². The highest BCUT2D eigenvalue weighted by atomic mass is 19.3. The highest BCUT2D eigenvalue weighted by Crippen LogP contribution is 2.27. The summed E-state index contributed by atoms with van der Waals surface area (Å²) >= 11 is 0. The number of benzene rings is 2. The number of amides is 1. The van der Waals surface area contributed by atoms with Gasteiger partial charge in [-0.1, -0.05) is 24.3 Å². The van der Waals surface area contributed by atoms with E-state index in [2.05, 4.69) is 11.9 Å². The molecule has 0 saturated carbocycles. The van der Waals surface area contributed by atoms with E-state index < -0.39 is 29.6 Å². The number of carbonyl (C=O) groups is 1. The number of allylic oxidation sites excluding steroid dienone is 1. The zero-order valence-electron chi connectivity index (χ0n) is 17.3. The van der Waals surface area contributed by atoms with Gasteiger partial charge in [-0.15, -0.1) is 6.58 Å². The van der Waals surface area contributed by atoms with Crippen LogP contribution in [0.5, 0.6) is 11.5 Å². The Bertz CT molecular complexity index is 1150. The van der Waals surface area contributed by atoms with E-state index >= 15 is 0 Å². The Kier molecular flexibility index (Phi) is 7.74. The minimum atomic E-state index is -2.75. The number of halogens is 2. The van der Waals surface area contributed by atoms with Gasteiger partial charge in [0.15, 0.2) is 5.76 Å². The number of anilines is 1. The Morgan fingerprint density at radius 3 is 2.70 bits per heavy atom. The van der Waals surface area contributed by atoms with Crippen LogP contribution in [0.4, 0.5) is 20.2 Å². The van der Waals surface area contributed by atoms with E-state index in [-0.39, 0.29) is 23.8 Å². The third-order valence-electron chi connectivity index (χ3n) is 4.33. The maximum atomic E-state index is 12.5. The van der Waals surface area contributed by atoms with Gasteiger partial charge in [0, 0.05) is 12.1 Å². The van der Waals surface area contributed by atoms with Crippen LogP contribution in [0.25, 0.3) is 0 Å². The van der Waals surface area contributed by atoms with Crippen molar-refractivity contribution in [2.24, 2.45) is 0 Å². The molecule has 1 amide bonds. The fourth-order valence-electron chi connectivity index (χ4n) is 2.89. The first-order valence-electron chi connectivity index (χ1n) is 9.78. The van der Waals surface area contributed by atoms with Crippen LogP contribution in [-0.2, 0) is 13.0 Å². The molecule has 10 heteroatoms. The average Bonchev–Trinajstić information content (AvgIpc) is 3.26. The van der Waals surface area contributed by atoms with Crippen molar-refractivity contribution in [2.75, 3.05) is 11.9 Å². The van der Waals surface area contributed by atoms with Gasteiger partial charge in [-0.05, 0) is 30.2 Å². The van der Waals surface area contributed by atoms with Crippen molar-refractivity contribution >= 4 is 17.3 Å². The Hall–Kier alpha value is -4.21. The normalized spacial score (nSPS) is 10.6. The van der Waals surface area contributed by atoms with Gasteiger partial charge in [-0.25, -0.2) is 8.78 Å². The fraction of sp³-hybridized carbons (Fsp3) is 0.174. The molecule has 0 unspecified atom stereocenters. The van der Waals surface area contributed by atoms with Crippen LogP contribution in [0.2, 0.25) is 0 Å². The average molecular weight is 458 g/mol. The van der Waals surface area contributed by atoms with Crippen molar-refractivity contribution in [2.45, 2.75) is 19.5 Å². The molecule has 1 aromatic heterocycles. The molecule has 3 rings (SSSR count). The maximum absolute atomic E-state index is 12.5. The number of carbonyl (C=O) groups excluding carboxylic acids is 1. The van der Waals surface area contributed by atoms with Crippen LogP contribution < -0.4 is 14.8 Å². The first-order chi connectivity index (χ1) is 15.9. The summed E-state index contributed by atoms with van der Waals surface area (Å²) in [5.41, 5.74) is 0.516. The topological polar surface area (TPSA) is 104 Å². The lowest BCUT2D eigenvalue weighted by molar-refractivity contribution is -0.384. The third kappa shape index (κ3) is 6.63. The molecule has 3 aromatic rings. The molecule has 0 saturated heterocycles. The number of nitro benzene ring substituents is 1. The van der Waals surface area contributed by atoms with Gasteiger partial charge in [0.25, 0.3) is 18.0 Å². The van der Waals surface area contributed by atoms with Crippen LogP contribution in [0.1, 0.15) is 21.9 Å². The molecule has 0 bridgehead atoms. The van der Waals surface area contributed by atoms with Gasteiger partial charge in [0.05, 0.1) is 16.7 Å². The Balaban J connectivity index is 1.68. The number of para-hydroxylation sites is 1. The zero-order chi connectivity index (χ0) is 23.8. The number of nitrogens with zero attached hydrogens (tertiary/aromatic N) is 1. The fourth-order valence-corrected chi connectivity index (χ4v) is 2.89. The Labute approximate surface area is 187 Å². The van der Waals surface area contributed by atoms with Crippen molar-refractivity contribution in [1.29, 1.82) is 0 Å². The predicted octanol–water partition coefficient (Wildman–Crippen LogP) is 5.39. The van der Waals surface area contributed by atoms with Crippen molar-refractivity contribution in [3.63, 3.8) is 0 Å². The number of furan rings is 1. The van der Waals surface area contributed by atoms with Crippen molar-refractivity contribution in [1.82, 2.24) is 0 Å². The van der Waals surface area contributed by atoms with Crippen molar-refractivity contribution in [3.8, 4) is 11.5 Å². The molecule has 1 heterocycles. The van der Waals surface area contributed by atoms with E-state index in [4.69, 9.17) is 13.9 Å². The molecule has 1 N–H and O–H groups in total. The number of ether oxygens (including phenoxy) is 2. The van der Waals surface area contributed by atoms with E-state index in [0.29, 0.717) is 17.9 Å². The van der Waals surface area contributed by atoms with Gasteiger partial charge in [0.1, 0.15) is 30.5 Å². The Morgan fingerprint density at radius 2 is 1.97 bits per heavy atom. The van der Waals surface area contributed by atoms with E-state index in [1.165, 1.54) is 12.1 Å². The standard InChI is InChI=1S/C23H20F2N2O6/c1-2-5-15-6-3-4-7-20(15)32-13-18-8-9-21(33-18)23(28)26-16-10-17(27(29)30)12-19(11-16)31-14-22(24)25/h2-4,6-12,22H,1,5,13-14H2,(H,26,28). The first kappa shape index (κ1) is 23.5. The lowest BCUT2D eigenvalue weighted by Crippen LogP contribution is -2.12. The number of nitro groups is 1. The number of non-ortho nitro benzene ring substituents is 1. The summed E-state index contributed by atoms with van der Waals surface area (Å²) < 4.78 is 40.9. The molecule has 0 aliphatic carbocycles. The number of rotatable bonds is 11. The molecule has 0 radical (unpaired) electrons. The minimum absolute atomic E-state index is 0.00832. The SMILES string of the molecule is C=CCc1ccccc1OCc1ccc(C(=O)Nc2cc(OCC(F)F)cc([N+](=O)[O-])c2)o1. The van der Waals surface area contributed by atoms with E-state index in [0.717, 1.165) is 17.7 Å². The lowest BCUT2D eigenvalue weighted by atomic mass is 10.1. The van der Waals surface area contributed by atoms with E-state index in [1.807, 2.05) is 24.3 Å². The van der Waals surface area contributed by atoms with Crippen LogP contribution in [0.3, 0.4) is 0 Å². The molecular formula is C23H20F2N2O6. The zero-order valence-corrected chi connectivity index (χ0v) is 17.3. The summed E-state index contributed by atoms with van der Waals surface area (Å²) in [4.78, 5) is 22.9. The number of alkyl halides is 2. The Morgan fingerprint density at radius 1 is 1.18 bits per heavy atom. The van der Waals surface area contributed by atoms with Crippen LogP contribution in [0, 0.1) is 10.1 Å². The quantitative estimate of drug-likeness (QED) is 0.235. The van der Waals surface area contributed by atoms with Gasteiger partial charge in [-0.2, -0.15) is 0 Å². The number of hydrogen-bond acceptors (Lipinski definition) is 6. The molecule has 2 aromatic carbocycles. The predicted molar refractivity (Wildman–Crippen MR) is 116 cm³/mol. The molecule has 0 fully saturated rings. The van der Waals surface area contributed by atoms with Crippen molar-refractivity contribution < 1.29 is 32.4 Å². The van der Waals surface area contributed by atoms with Gasteiger partial charge < -0.3 is 19.2 Å². The number of hydrogen-bond donors (Lipinski definition) is 1. The largest absolute Gasteiger partial charge is 0.487 e. The first-order valence-corrected chi connectivity index (χ1v) is 9.78. The second-order valence-electron chi connectivity index (χ2n) is 6.78. The second kappa shape index (κ2) is 10.9. The minimum Gasteiger partial charge on any atom is -0.487 e. The summed E-state index contributed by atoms with van der Waals surface area (Å²) in [5.74, 6) is 0.121. The van der Waals surface area contributed by atoms with E-state index in [1.54, 1.807) is 12.1 Å². The van der Waals surface area contributed by atoms with Crippen molar-refractivity contribution in [3.05, 3.63) is 94.5 Å². The molecule has 0 aliphatic heterocycles. The third-order valence-corrected chi connectivity index (χ3v) is 4.33. The molecule has 172 valence electrons.